The van der Waals surface area contributed by atoms with Gasteiger partial charge in [0.05, 0.1) is 17.2 Å². The fourth-order valence-electron chi connectivity index (χ4n) is 3.31. The standard InChI is InChI=1S/C20H22N4O/c25-19-9-8-16(12-15(19)14-24-10-4-1-5-11-24)22-20-13-21-17-6-2-3-7-18(17)23-20/h2-3,6-9,12-13,25H,1,4-5,10-11,14H2,(H,22,23). The number of aromatic hydroxyl groups is 1. The van der Waals surface area contributed by atoms with Gasteiger partial charge in [0.1, 0.15) is 11.6 Å². The number of hydrogen-bond acceptors (Lipinski definition) is 5. The Morgan fingerprint density at radius 1 is 1.00 bits per heavy atom. The highest BCUT2D eigenvalue weighted by atomic mass is 16.3. The summed E-state index contributed by atoms with van der Waals surface area (Å²) in [6.45, 7) is 2.99. The zero-order valence-corrected chi connectivity index (χ0v) is 14.2. The van der Waals surface area contributed by atoms with E-state index < -0.39 is 0 Å². The summed E-state index contributed by atoms with van der Waals surface area (Å²) in [4.78, 5) is 11.4. The van der Waals surface area contributed by atoms with Crippen LogP contribution in [0.3, 0.4) is 0 Å². The normalized spacial score (nSPS) is 15.4. The molecule has 1 aromatic heterocycles. The maximum Gasteiger partial charge on any atom is 0.149 e. The van der Waals surface area contributed by atoms with Crippen LogP contribution in [-0.4, -0.2) is 33.1 Å². The van der Waals surface area contributed by atoms with Crippen molar-refractivity contribution in [3.05, 3.63) is 54.2 Å². The molecule has 0 bridgehead atoms. The minimum Gasteiger partial charge on any atom is -0.508 e. The maximum atomic E-state index is 10.2. The van der Waals surface area contributed by atoms with E-state index in [1.807, 2.05) is 36.4 Å². The lowest BCUT2D eigenvalue weighted by Crippen LogP contribution is -2.29. The van der Waals surface area contributed by atoms with Crippen molar-refractivity contribution in [1.29, 1.82) is 0 Å². The molecule has 1 saturated heterocycles. The molecule has 0 saturated carbocycles. The topological polar surface area (TPSA) is 61.3 Å². The molecule has 0 spiro atoms. The predicted molar refractivity (Wildman–Crippen MR) is 100 cm³/mol. The number of fused-ring (bicyclic) bond motifs is 1. The van der Waals surface area contributed by atoms with Gasteiger partial charge in [-0.05, 0) is 56.3 Å². The number of likely N-dealkylation sites (tertiary alicyclic amines) is 1. The molecule has 2 aromatic carbocycles. The molecule has 1 aliphatic heterocycles. The average molecular weight is 334 g/mol. The van der Waals surface area contributed by atoms with Crippen molar-refractivity contribution in [3.8, 4) is 5.75 Å². The summed E-state index contributed by atoms with van der Waals surface area (Å²) >= 11 is 0. The molecule has 4 rings (SSSR count). The Morgan fingerprint density at radius 3 is 2.64 bits per heavy atom. The third-order valence-corrected chi connectivity index (χ3v) is 4.64. The first-order chi connectivity index (χ1) is 12.3. The fraction of sp³-hybridized carbons (Fsp3) is 0.300. The highest BCUT2D eigenvalue weighted by molar-refractivity contribution is 5.76. The fourth-order valence-corrected chi connectivity index (χ4v) is 3.31. The molecule has 2 heterocycles. The summed E-state index contributed by atoms with van der Waals surface area (Å²) in [7, 11) is 0. The number of rotatable bonds is 4. The minimum atomic E-state index is 0.348. The number of anilines is 2. The molecule has 25 heavy (non-hydrogen) atoms. The molecular formula is C20H22N4O. The summed E-state index contributed by atoms with van der Waals surface area (Å²) in [5.41, 5.74) is 3.60. The summed E-state index contributed by atoms with van der Waals surface area (Å²) in [6, 6.07) is 13.4. The van der Waals surface area contributed by atoms with Gasteiger partial charge in [0.2, 0.25) is 0 Å². The lowest BCUT2D eigenvalue weighted by atomic mass is 10.1. The van der Waals surface area contributed by atoms with Crippen molar-refractivity contribution >= 4 is 22.5 Å². The Kier molecular flexibility index (Phi) is 4.48. The molecule has 0 amide bonds. The van der Waals surface area contributed by atoms with E-state index in [1.165, 1.54) is 19.3 Å². The van der Waals surface area contributed by atoms with Crippen LogP contribution in [0, 0.1) is 0 Å². The van der Waals surface area contributed by atoms with Gasteiger partial charge in [-0.2, -0.15) is 0 Å². The van der Waals surface area contributed by atoms with E-state index in [0.29, 0.717) is 11.6 Å². The van der Waals surface area contributed by atoms with Crippen LogP contribution >= 0.6 is 0 Å². The number of piperidine rings is 1. The first kappa shape index (κ1) is 15.8. The molecule has 5 nitrogen and oxygen atoms in total. The van der Waals surface area contributed by atoms with Gasteiger partial charge in [-0.15, -0.1) is 0 Å². The van der Waals surface area contributed by atoms with Crippen LogP contribution in [0.15, 0.2) is 48.7 Å². The molecule has 0 atom stereocenters. The smallest absolute Gasteiger partial charge is 0.149 e. The first-order valence-electron chi connectivity index (χ1n) is 8.81. The number of hydrogen-bond donors (Lipinski definition) is 2. The Labute approximate surface area is 147 Å². The van der Waals surface area contributed by atoms with Crippen molar-refractivity contribution < 1.29 is 5.11 Å². The second kappa shape index (κ2) is 7.07. The van der Waals surface area contributed by atoms with Crippen LogP contribution in [-0.2, 0) is 6.54 Å². The highest BCUT2D eigenvalue weighted by Gasteiger charge is 2.13. The Bertz CT molecular complexity index is 874. The number of phenolic OH excluding ortho intramolecular Hbond substituents is 1. The molecule has 2 N–H and O–H groups in total. The van der Waals surface area contributed by atoms with Crippen LogP contribution in [0.25, 0.3) is 11.0 Å². The van der Waals surface area contributed by atoms with Crippen LogP contribution in [0.4, 0.5) is 11.5 Å². The molecule has 5 heteroatoms. The number of aromatic nitrogens is 2. The van der Waals surface area contributed by atoms with Crippen molar-refractivity contribution in [2.45, 2.75) is 25.8 Å². The van der Waals surface area contributed by atoms with Gasteiger partial charge in [0.25, 0.3) is 0 Å². The van der Waals surface area contributed by atoms with Gasteiger partial charge in [0.15, 0.2) is 0 Å². The number of nitrogens with zero attached hydrogens (tertiary/aromatic N) is 3. The predicted octanol–water partition coefficient (Wildman–Crippen LogP) is 4.06. The van der Waals surface area contributed by atoms with Crippen LogP contribution in [0.2, 0.25) is 0 Å². The SMILES string of the molecule is Oc1ccc(Nc2cnc3ccccc3n2)cc1CN1CCCCC1. The Hall–Kier alpha value is -2.66. The molecular weight excluding hydrogens is 312 g/mol. The second-order valence-electron chi connectivity index (χ2n) is 6.55. The monoisotopic (exact) mass is 334 g/mol. The zero-order chi connectivity index (χ0) is 17.1. The van der Waals surface area contributed by atoms with E-state index in [2.05, 4.69) is 20.2 Å². The minimum absolute atomic E-state index is 0.348. The van der Waals surface area contributed by atoms with Gasteiger partial charge < -0.3 is 10.4 Å². The molecule has 128 valence electrons. The first-order valence-corrected chi connectivity index (χ1v) is 8.81. The average Bonchev–Trinajstić information content (AvgIpc) is 2.65. The molecule has 0 aliphatic carbocycles. The van der Waals surface area contributed by atoms with E-state index in [4.69, 9.17) is 0 Å². The molecule has 1 aliphatic rings. The van der Waals surface area contributed by atoms with Crippen molar-refractivity contribution in [3.63, 3.8) is 0 Å². The second-order valence-corrected chi connectivity index (χ2v) is 6.55. The van der Waals surface area contributed by atoms with Crippen molar-refractivity contribution in [1.82, 2.24) is 14.9 Å². The Morgan fingerprint density at radius 2 is 1.80 bits per heavy atom. The van der Waals surface area contributed by atoms with E-state index >= 15 is 0 Å². The summed E-state index contributed by atoms with van der Waals surface area (Å²) in [5, 5.41) is 13.5. The lowest BCUT2D eigenvalue weighted by molar-refractivity contribution is 0.218. The summed E-state index contributed by atoms with van der Waals surface area (Å²) in [6.07, 6.45) is 5.53. The Balaban J connectivity index is 1.54. The van der Waals surface area contributed by atoms with E-state index in [9.17, 15) is 5.11 Å². The van der Waals surface area contributed by atoms with Gasteiger partial charge in [-0.25, -0.2) is 4.98 Å². The van der Waals surface area contributed by atoms with Crippen LogP contribution in [0.1, 0.15) is 24.8 Å². The third-order valence-electron chi connectivity index (χ3n) is 4.64. The van der Waals surface area contributed by atoms with E-state index in [1.54, 1.807) is 12.3 Å². The van der Waals surface area contributed by atoms with Crippen molar-refractivity contribution in [2.75, 3.05) is 18.4 Å². The molecule has 0 unspecified atom stereocenters. The van der Waals surface area contributed by atoms with Crippen LogP contribution in [0.5, 0.6) is 5.75 Å². The van der Waals surface area contributed by atoms with E-state index in [0.717, 1.165) is 41.9 Å². The zero-order valence-electron chi connectivity index (χ0n) is 14.2. The van der Waals surface area contributed by atoms with Crippen LogP contribution < -0.4 is 5.32 Å². The number of para-hydroxylation sites is 2. The highest BCUT2D eigenvalue weighted by Crippen LogP contribution is 2.26. The van der Waals surface area contributed by atoms with Gasteiger partial charge >= 0.3 is 0 Å². The molecule has 3 aromatic rings. The lowest BCUT2D eigenvalue weighted by Gasteiger charge is -2.26. The summed E-state index contributed by atoms with van der Waals surface area (Å²) < 4.78 is 0. The summed E-state index contributed by atoms with van der Waals surface area (Å²) in [5.74, 6) is 1.05. The van der Waals surface area contributed by atoms with Gasteiger partial charge in [-0.1, -0.05) is 18.6 Å². The quantitative estimate of drug-likeness (QED) is 0.705. The molecule has 1 fully saturated rings. The van der Waals surface area contributed by atoms with Crippen molar-refractivity contribution in [2.24, 2.45) is 0 Å². The maximum absolute atomic E-state index is 10.2. The van der Waals surface area contributed by atoms with Gasteiger partial charge in [0, 0.05) is 17.8 Å². The van der Waals surface area contributed by atoms with Gasteiger partial charge in [-0.3, -0.25) is 9.88 Å². The number of phenols is 1. The number of nitrogens with one attached hydrogen (secondary N) is 1. The number of benzene rings is 2. The van der Waals surface area contributed by atoms with E-state index in [-0.39, 0.29) is 0 Å². The largest absolute Gasteiger partial charge is 0.508 e. The molecule has 0 radical (unpaired) electrons. The third kappa shape index (κ3) is 3.72.